The number of carbonyl (C=O) groups excluding carboxylic acids is 1. The zero-order valence-corrected chi connectivity index (χ0v) is 10.2. The molecule has 0 heterocycles. The summed E-state index contributed by atoms with van der Waals surface area (Å²) < 4.78 is 5.18. The molecule has 0 aliphatic heterocycles. The molecule has 0 radical (unpaired) electrons. The Labute approximate surface area is 96.3 Å². The molecule has 1 fully saturated rings. The normalized spacial score (nSPS) is 20.8. The number of nitrogens with two attached hydrogens (primary N) is 1. The highest BCUT2D eigenvalue weighted by molar-refractivity contribution is 5.69. The maximum Gasteiger partial charge on any atom is 0.408 e. The lowest BCUT2D eigenvalue weighted by Gasteiger charge is -2.46. The molecule has 4 N–H and O–H groups in total. The summed E-state index contributed by atoms with van der Waals surface area (Å²) in [7, 11) is 0. The zero-order valence-electron chi connectivity index (χ0n) is 10.2. The van der Waals surface area contributed by atoms with Gasteiger partial charge in [-0.25, -0.2) is 4.79 Å². The average molecular weight is 230 g/mol. The number of amides is 1. The summed E-state index contributed by atoms with van der Waals surface area (Å²) in [6.45, 7) is 5.31. The van der Waals surface area contributed by atoms with E-state index in [1.165, 1.54) is 0 Å². The molecule has 1 atom stereocenters. The molecule has 16 heavy (non-hydrogen) atoms. The molecule has 1 aliphatic carbocycles. The van der Waals surface area contributed by atoms with E-state index in [0.717, 1.165) is 19.3 Å². The van der Waals surface area contributed by atoms with E-state index in [1.54, 1.807) is 0 Å². The van der Waals surface area contributed by atoms with Crippen LogP contribution in [0.15, 0.2) is 0 Å². The fraction of sp³-hybridized carbons (Fsp3) is 0.909. The Balaban J connectivity index is 2.54. The van der Waals surface area contributed by atoms with Crippen molar-refractivity contribution in [1.82, 2.24) is 5.32 Å². The number of hydrogen-bond donors (Lipinski definition) is 3. The van der Waals surface area contributed by atoms with Crippen LogP contribution < -0.4 is 11.1 Å². The van der Waals surface area contributed by atoms with E-state index >= 15 is 0 Å². The number of aliphatic hydroxyl groups is 1. The van der Waals surface area contributed by atoms with Gasteiger partial charge in [0, 0.05) is 0 Å². The minimum Gasteiger partial charge on any atom is -0.444 e. The van der Waals surface area contributed by atoms with Crippen LogP contribution in [0.4, 0.5) is 4.79 Å². The van der Waals surface area contributed by atoms with Gasteiger partial charge in [-0.3, -0.25) is 0 Å². The molecule has 1 amide bonds. The van der Waals surface area contributed by atoms with Crippen LogP contribution in [-0.2, 0) is 4.74 Å². The van der Waals surface area contributed by atoms with Crippen LogP contribution in [0.5, 0.6) is 0 Å². The molecular weight excluding hydrogens is 208 g/mol. The Morgan fingerprint density at radius 3 is 2.44 bits per heavy atom. The number of rotatable bonds is 3. The van der Waals surface area contributed by atoms with Crippen molar-refractivity contribution in [2.75, 3.05) is 6.61 Å². The van der Waals surface area contributed by atoms with Gasteiger partial charge in [0.2, 0.25) is 0 Å². The number of aliphatic hydroxyl groups excluding tert-OH is 1. The maximum absolute atomic E-state index is 11.6. The van der Waals surface area contributed by atoms with E-state index < -0.39 is 23.3 Å². The highest BCUT2D eigenvalue weighted by atomic mass is 16.6. The lowest BCUT2D eigenvalue weighted by molar-refractivity contribution is 0.0300. The van der Waals surface area contributed by atoms with Gasteiger partial charge in [0.25, 0.3) is 0 Å². The van der Waals surface area contributed by atoms with Crippen molar-refractivity contribution < 1.29 is 14.6 Å². The summed E-state index contributed by atoms with van der Waals surface area (Å²) in [5.74, 6) is 0. The van der Waals surface area contributed by atoms with Crippen molar-refractivity contribution in [3.05, 3.63) is 0 Å². The predicted molar refractivity (Wildman–Crippen MR) is 61.0 cm³/mol. The maximum atomic E-state index is 11.6. The van der Waals surface area contributed by atoms with Crippen LogP contribution in [0.1, 0.15) is 40.0 Å². The van der Waals surface area contributed by atoms with Gasteiger partial charge in [0.05, 0.1) is 18.2 Å². The molecule has 94 valence electrons. The number of alkyl carbamates (subject to hydrolysis) is 1. The Morgan fingerprint density at radius 1 is 1.56 bits per heavy atom. The minimum atomic E-state index is -0.516. The van der Waals surface area contributed by atoms with Crippen LogP contribution in [-0.4, -0.2) is 35.0 Å². The summed E-state index contributed by atoms with van der Waals surface area (Å²) in [5, 5.41) is 11.9. The third-order valence-electron chi connectivity index (χ3n) is 2.90. The number of carbonyl (C=O) groups is 1. The van der Waals surface area contributed by atoms with Gasteiger partial charge in [0.1, 0.15) is 5.60 Å². The van der Waals surface area contributed by atoms with E-state index in [-0.39, 0.29) is 6.61 Å². The van der Waals surface area contributed by atoms with Crippen molar-refractivity contribution >= 4 is 6.09 Å². The van der Waals surface area contributed by atoms with E-state index in [4.69, 9.17) is 15.6 Å². The Hall–Kier alpha value is -0.810. The van der Waals surface area contributed by atoms with Gasteiger partial charge in [-0.2, -0.15) is 0 Å². The van der Waals surface area contributed by atoms with Crippen molar-refractivity contribution in [1.29, 1.82) is 0 Å². The molecule has 5 nitrogen and oxygen atoms in total. The van der Waals surface area contributed by atoms with Crippen LogP contribution in [0.3, 0.4) is 0 Å². The number of nitrogens with one attached hydrogen (secondary N) is 1. The molecule has 1 rings (SSSR count). The van der Waals surface area contributed by atoms with Gasteiger partial charge in [0.15, 0.2) is 0 Å². The average Bonchev–Trinajstić information content (AvgIpc) is 2.07. The quantitative estimate of drug-likeness (QED) is 0.668. The highest BCUT2D eigenvalue weighted by Gasteiger charge is 2.44. The first-order valence-corrected chi connectivity index (χ1v) is 5.67. The first-order chi connectivity index (χ1) is 7.29. The lowest BCUT2D eigenvalue weighted by Crippen LogP contribution is -2.65. The number of ether oxygens (including phenoxy) is 1. The van der Waals surface area contributed by atoms with Gasteiger partial charge >= 0.3 is 6.09 Å². The molecule has 1 aliphatic rings. The van der Waals surface area contributed by atoms with E-state index in [2.05, 4.69) is 5.32 Å². The van der Waals surface area contributed by atoms with Crippen molar-refractivity contribution in [3.8, 4) is 0 Å². The molecule has 0 bridgehead atoms. The van der Waals surface area contributed by atoms with E-state index in [0.29, 0.717) is 0 Å². The second-order valence-electron chi connectivity index (χ2n) is 5.43. The first kappa shape index (κ1) is 13.3. The van der Waals surface area contributed by atoms with Gasteiger partial charge < -0.3 is 20.9 Å². The van der Waals surface area contributed by atoms with Crippen LogP contribution in [0.2, 0.25) is 0 Å². The smallest absolute Gasteiger partial charge is 0.408 e. The first-order valence-electron chi connectivity index (χ1n) is 5.67. The molecule has 0 aromatic carbocycles. The second kappa shape index (κ2) is 4.59. The molecule has 1 saturated carbocycles. The van der Waals surface area contributed by atoms with Crippen LogP contribution in [0.25, 0.3) is 0 Å². The molecule has 0 aromatic heterocycles. The topological polar surface area (TPSA) is 84.6 Å². The summed E-state index contributed by atoms with van der Waals surface area (Å²) >= 11 is 0. The Morgan fingerprint density at radius 2 is 2.12 bits per heavy atom. The van der Waals surface area contributed by atoms with Crippen molar-refractivity contribution in [2.24, 2.45) is 5.73 Å². The third kappa shape index (κ3) is 3.09. The molecular formula is C11H22N2O3. The number of hydrogen-bond acceptors (Lipinski definition) is 4. The molecule has 0 saturated heterocycles. The summed E-state index contributed by atoms with van der Waals surface area (Å²) in [6, 6.07) is -0.422. The zero-order chi connectivity index (χ0) is 12.4. The second-order valence-corrected chi connectivity index (χ2v) is 5.43. The minimum absolute atomic E-state index is 0.129. The fourth-order valence-electron chi connectivity index (χ4n) is 1.83. The lowest BCUT2D eigenvalue weighted by atomic mass is 9.72. The van der Waals surface area contributed by atoms with Crippen LogP contribution in [0, 0.1) is 0 Å². The third-order valence-corrected chi connectivity index (χ3v) is 2.90. The molecule has 0 spiro atoms. The molecule has 0 aromatic rings. The largest absolute Gasteiger partial charge is 0.444 e. The summed E-state index contributed by atoms with van der Waals surface area (Å²) in [6.07, 6.45) is 2.15. The SMILES string of the molecule is CC(C)(C)OC(=O)NC1(C(N)CO)CCC1. The van der Waals surface area contributed by atoms with Gasteiger partial charge in [-0.15, -0.1) is 0 Å². The summed E-state index contributed by atoms with van der Waals surface area (Å²) in [5.41, 5.74) is 4.81. The highest BCUT2D eigenvalue weighted by Crippen LogP contribution is 2.34. The van der Waals surface area contributed by atoms with E-state index in [1.807, 2.05) is 20.8 Å². The van der Waals surface area contributed by atoms with E-state index in [9.17, 15) is 4.79 Å². The van der Waals surface area contributed by atoms with Crippen LogP contribution >= 0.6 is 0 Å². The van der Waals surface area contributed by atoms with Crippen molar-refractivity contribution in [3.63, 3.8) is 0 Å². The standard InChI is InChI=1S/C11H22N2O3/c1-10(2,3)16-9(15)13-11(5-4-6-11)8(12)7-14/h8,14H,4-7,12H2,1-3H3,(H,13,15). The Bertz CT molecular complexity index is 256. The van der Waals surface area contributed by atoms with Gasteiger partial charge in [-0.1, -0.05) is 0 Å². The molecule has 1 unspecified atom stereocenters. The molecule has 5 heteroatoms. The predicted octanol–water partition coefficient (Wildman–Crippen LogP) is 0.753. The monoisotopic (exact) mass is 230 g/mol. The fourth-order valence-corrected chi connectivity index (χ4v) is 1.83. The summed E-state index contributed by atoms with van der Waals surface area (Å²) in [4.78, 5) is 11.6. The Kier molecular flexibility index (Phi) is 3.80. The van der Waals surface area contributed by atoms with Crippen molar-refractivity contribution in [2.45, 2.75) is 57.2 Å². The van der Waals surface area contributed by atoms with Gasteiger partial charge in [-0.05, 0) is 40.0 Å².